The number of carbonyl (C=O) groups excluding carboxylic acids is 2. The second kappa shape index (κ2) is 11.4. The summed E-state index contributed by atoms with van der Waals surface area (Å²) in [6.45, 7) is 5.73. The molecule has 0 spiro atoms. The van der Waals surface area contributed by atoms with E-state index in [4.69, 9.17) is 9.47 Å². The molecule has 0 unspecified atom stereocenters. The first kappa shape index (κ1) is 24.2. The molecule has 1 N–H and O–H groups in total. The molecule has 2 aromatic carbocycles. The number of piperazine rings is 1. The molecule has 1 aliphatic rings. The van der Waals surface area contributed by atoms with Crippen molar-refractivity contribution in [1.82, 2.24) is 14.9 Å². The summed E-state index contributed by atoms with van der Waals surface area (Å²) in [5.41, 5.74) is 1.82. The van der Waals surface area contributed by atoms with E-state index in [1.807, 2.05) is 6.07 Å². The number of anilines is 2. The Bertz CT molecular complexity index is 1160. The molecule has 0 atom stereocenters. The fourth-order valence-electron chi connectivity index (χ4n) is 3.89. The molecular formula is C26H29N5O4. The topological polar surface area (TPSA) is 96.9 Å². The number of carbonyl (C=O) groups is 2. The molecule has 35 heavy (non-hydrogen) atoms. The molecule has 1 aromatic heterocycles. The van der Waals surface area contributed by atoms with Crippen molar-refractivity contribution >= 4 is 23.3 Å². The van der Waals surface area contributed by atoms with Crippen molar-refractivity contribution in [3.63, 3.8) is 0 Å². The summed E-state index contributed by atoms with van der Waals surface area (Å²) in [7, 11) is 1.48. The van der Waals surface area contributed by atoms with E-state index in [1.54, 1.807) is 24.3 Å². The van der Waals surface area contributed by atoms with Gasteiger partial charge in [0.05, 0.1) is 7.11 Å². The average molecular weight is 476 g/mol. The third kappa shape index (κ3) is 6.54. The lowest BCUT2D eigenvalue weighted by molar-refractivity contribution is -0.118. The van der Waals surface area contributed by atoms with Crippen molar-refractivity contribution in [2.75, 3.05) is 50.1 Å². The molecule has 9 nitrogen and oxygen atoms in total. The van der Waals surface area contributed by atoms with E-state index >= 15 is 0 Å². The number of aromatic nitrogens is 2. The van der Waals surface area contributed by atoms with Gasteiger partial charge in [-0.1, -0.05) is 30.3 Å². The number of Topliss-reactive ketones (excluding diaryl/α,β-unsaturated/α-hetero) is 1. The predicted molar refractivity (Wildman–Crippen MR) is 133 cm³/mol. The Balaban J connectivity index is 1.29. The fraction of sp³-hybridized carbons (Fsp3) is 0.308. The number of ketones is 1. The van der Waals surface area contributed by atoms with Gasteiger partial charge in [-0.15, -0.1) is 0 Å². The lowest BCUT2D eigenvalue weighted by atomic mass is 10.1. The molecule has 4 rings (SSSR count). The third-order valence-corrected chi connectivity index (χ3v) is 5.79. The summed E-state index contributed by atoms with van der Waals surface area (Å²) >= 11 is 0. The molecule has 2 heterocycles. The maximum absolute atomic E-state index is 12.5. The van der Waals surface area contributed by atoms with Crippen LogP contribution in [-0.2, 0) is 11.3 Å². The second-order valence-electron chi connectivity index (χ2n) is 8.27. The number of ether oxygens (including phenoxy) is 2. The summed E-state index contributed by atoms with van der Waals surface area (Å²) in [6.07, 6.45) is 1.45. The van der Waals surface area contributed by atoms with E-state index in [9.17, 15) is 9.59 Å². The first-order valence-corrected chi connectivity index (χ1v) is 11.5. The Morgan fingerprint density at radius 2 is 1.74 bits per heavy atom. The Labute approximate surface area is 204 Å². The zero-order chi connectivity index (χ0) is 24.6. The van der Waals surface area contributed by atoms with Crippen LogP contribution in [0.5, 0.6) is 11.5 Å². The van der Waals surface area contributed by atoms with Gasteiger partial charge in [0.1, 0.15) is 18.0 Å². The van der Waals surface area contributed by atoms with Gasteiger partial charge < -0.3 is 19.7 Å². The van der Waals surface area contributed by atoms with Gasteiger partial charge in [-0.2, -0.15) is 0 Å². The smallest absolute Gasteiger partial charge is 0.263 e. The number of methoxy groups -OCH3 is 1. The SMILES string of the molecule is COc1cc(C(C)=O)ccc1OCC(=O)Nc1cc(N2CCN(Cc3ccccc3)CC2)ncn1. The van der Waals surface area contributed by atoms with Crippen LogP contribution >= 0.6 is 0 Å². The van der Waals surface area contributed by atoms with Crippen molar-refractivity contribution in [3.8, 4) is 11.5 Å². The van der Waals surface area contributed by atoms with Crippen molar-refractivity contribution in [2.45, 2.75) is 13.5 Å². The minimum absolute atomic E-state index is 0.0789. The van der Waals surface area contributed by atoms with Gasteiger partial charge in [-0.25, -0.2) is 9.97 Å². The fourth-order valence-corrected chi connectivity index (χ4v) is 3.89. The molecule has 1 amide bonds. The number of hydrogen-bond donors (Lipinski definition) is 1. The van der Waals surface area contributed by atoms with E-state index in [-0.39, 0.29) is 18.3 Å². The van der Waals surface area contributed by atoms with Crippen molar-refractivity contribution in [3.05, 3.63) is 72.1 Å². The van der Waals surface area contributed by atoms with Gasteiger partial charge in [-0.3, -0.25) is 14.5 Å². The molecular weight excluding hydrogens is 446 g/mol. The van der Waals surface area contributed by atoms with Gasteiger partial charge in [0.25, 0.3) is 5.91 Å². The van der Waals surface area contributed by atoms with Crippen LogP contribution in [0.1, 0.15) is 22.8 Å². The third-order valence-electron chi connectivity index (χ3n) is 5.79. The molecule has 0 saturated carbocycles. The van der Waals surface area contributed by atoms with Crippen LogP contribution in [-0.4, -0.2) is 66.5 Å². The standard InChI is InChI=1S/C26H29N5O4/c1-19(32)21-8-9-22(23(14-21)34-2)35-17-26(33)29-24-15-25(28-18-27-24)31-12-10-30(11-13-31)16-20-6-4-3-5-7-20/h3-9,14-15,18H,10-13,16-17H2,1-2H3,(H,27,28,29,33). The average Bonchev–Trinajstić information content (AvgIpc) is 2.88. The number of benzene rings is 2. The van der Waals surface area contributed by atoms with Crippen LogP contribution in [0, 0.1) is 0 Å². The maximum atomic E-state index is 12.5. The first-order valence-electron chi connectivity index (χ1n) is 11.5. The zero-order valence-electron chi connectivity index (χ0n) is 19.9. The minimum atomic E-state index is -0.361. The lowest BCUT2D eigenvalue weighted by Gasteiger charge is -2.35. The van der Waals surface area contributed by atoms with Gasteiger partial charge >= 0.3 is 0 Å². The summed E-state index contributed by atoms with van der Waals surface area (Å²) in [5, 5.41) is 2.75. The van der Waals surface area contributed by atoms with E-state index in [0.29, 0.717) is 22.9 Å². The van der Waals surface area contributed by atoms with Crippen molar-refractivity contribution in [2.24, 2.45) is 0 Å². The Hall–Kier alpha value is -3.98. The highest BCUT2D eigenvalue weighted by atomic mass is 16.5. The van der Waals surface area contributed by atoms with Crippen molar-refractivity contribution < 1.29 is 19.1 Å². The van der Waals surface area contributed by atoms with Crippen LogP contribution < -0.4 is 19.7 Å². The number of rotatable bonds is 9. The van der Waals surface area contributed by atoms with Gasteiger partial charge in [0.15, 0.2) is 23.9 Å². The van der Waals surface area contributed by atoms with Crippen LogP contribution in [0.2, 0.25) is 0 Å². The summed E-state index contributed by atoms with van der Waals surface area (Å²) in [4.78, 5) is 37.2. The molecule has 1 fully saturated rings. The summed E-state index contributed by atoms with van der Waals surface area (Å²) in [5.74, 6) is 1.52. The van der Waals surface area contributed by atoms with Crippen LogP contribution in [0.25, 0.3) is 0 Å². The van der Waals surface area contributed by atoms with E-state index in [2.05, 4.69) is 49.4 Å². The first-order chi connectivity index (χ1) is 17.0. The molecule has 0 radical (unpaired) electrons. The molecule has 0 bridgehead atoms. The quantitative estimate of drug-likeness (QED) is 0.472. The zero-order valence-corrected chi connectivity index (χ0v) is 19.9. The molecule has 9 heteroatoms. The van der Waals surface area contributed by atoms with E-state index < -0.39 is 0 Å². The van der Waals surface area contributed by atoms with Crippen LogP contribution in [0.15, 0.2) is 60.9 Å². The number of amides is 1. The van der Waals surface area contributed by atoms with E-state index in [1.165, 1.54) is 25.9 Å². The number of hydrogen-bond acceptors (Lipinski definition) is 8. The predicted octanol–water partition coefficient (Wildman–Crippen LogP) is 3.03. The Kier molecular flexibility index (Phi) is 7.89. The normalized spacial score (nSPS) is 13.8. The Morgan fingerprint density at radius 3 is 2.46 bits per heavy atom. The molecule has 1 saturated heterocycles. The highest BCUT2D eigenvalue weighted by Gasteiger charge is 2.19. The molecule has 0 aliphatic carbocycles. The monoisotopic (exact) mass is 475 g/mol. The van der Waals surface area contributed by atoms with Gasteiger partial charge in [0.2, 0.25) is 0 Å². The number of nitrogens with zero attached hydrogens (tertiary/aromatic N) is 4. The summed E-state index contributed by atoms with van der Waals surface area (Å²) < 4.78 is 10.9. The van der Waals surface area contributed by atoms with Crippen LogP contribution in [0.3, 0.4) is 0 Å². The maximum Gasteiger partial charge on any atom is 0.263 e. The number of nitrogens with one attached hydrogen (secondary N) is 1. The largest absolute Gasteiger partial charge is 0.493 e. The Morgan fingerprint density at radius 1 is 0.971 bits per heavy atom. The lowest BCUT2D eigenvalue weighted by Crippen LogP contribution is -2.46. The highest BCUT2D eigenvalue weighted by Crippen LogP contribution is 2.28. The summed E-state index contributed by atoms with van der Waals surface area (Å²) in [6, 6.07) is 17.1. The minimum Gasteiger partial charge on any atom is -0.493 e. The molecule has 182 valence electrons. The van der Waals surface area contributed by atoms with Crippen LogP contribution in [0.4, 0.5) is 11.6 Å². The molecule has 1 aliphatic heterocycles. The molecule has 3 aromatic rings. The van der Waals surface area contributed by atoms with E-state index in [0.717, 1.165) is 38.5 Å². The van der Waals surface area contributed by atoms with Gasteiger partial charge in [-0.05, 0) is 30.7 Å². The van der Waals surface area contributed by atoms with Gasteiger partial charge in [0, 0.05) is 44.4 Å². The highest BCUT2D eigenvalue weighted by molar-refractivity contribution is 5.95. The second-order valence-corrected chi connectivity index (χ2v) is 8.27. The van der Waals surface area contributed by atoms with Crippen molar-refractivity contribution in [1.29, 1.82) is 0 Å².